The van der Waals surface area contributed by atoms with Gasteiger partial charge in [-0.2, -0.15) is 0 Å². The van der Waals surface area contributed by atoms with Crippen molar-refractivity contribution in [3.05, 3.63) is 78.0 Å². The van der Waals surface area contributed by atoms with Gasteiger partial charge in [-0.05, 0) is 49.1 Å². The standard InChI is InChI=1S/C25H26N2O3/c1-4-17(2)21-10-6-8-12-23(21)27-25(29)18(3)30-24(28)16-15-20-14-13-19-9-5-7-11-22(19)26-20/h5-18H,4H2,1-3H3,(H,27,29)/b16-15+. The normalized spacial score (nSPS) is 13.2. The van der Waals surface area contributed by atoms with E-state index in [9.17, 15) is 9.59 Å². The van der Waals surface area contributed by atoms with Crippen molar-refractivity contribution < 1.29 is 14.3 Å². The number of anilines is 1. The number of aromatic nitrogens is 1. The van der Waals surface area contributed by atoms with Crippen LogP contribution in [0.4, 0.5) is 5.69 Å². The Labute approximate surface area is 176 Å². The summed E-state index contributed by atoms with van der Waals surface area (Å²) in [7, 11) is 0. The van der Waals surface area contributed by atoms with E-state index < -0.39 is 12.1 Å². The Morgan fingerprint density at radius 1 is 1.03 bits per heavy atom. The molecule has 5 nitrogen and oxygen atoms in total. The average molecular weight is 402 g/mol. The summed E-state index contributed by atoms with van der Waals surface area (Å²) in [5, 5.41) is 3.90. The molecule has 2 aromatic carbocycles. The molecule has 3 rings (SSSR count). The molecule has 0 aliphatic carbocycles. The van der Waals surface area contributed by atoms with Crippen LogP contribution < -0.4 is 5.32 Å². The number of benzene rings is 2. The van der Waals surface area contributed by atoms with Gasteiger partial charge in [0.25, 0.3) is 5.91 Å². The summed E-state index contributed by atoms with van der Waals surface area (Å²) in [5.41, 5.74) is 3.30. The second-order valence-corrected chi connectivity index (χ2v) is 7.23. The number of nitrogens with one attached hydrogen (secondary N) is 1. The molecule has 0 aliphatic rings. The lowest BCUT2D eigenvalue weighted by Gasteiger charge is -2.17. The monoisotopic (exact) mass is 402 g/mol. The Bertz CT molecular complexity index is 1070. The minimum Gasteiger partial charge on any atom is -0.449 e. The number of amides is 1. The molecule has 1 amide bonds. The molecule has 3 aromatic rings. The summed E-state index contributed by atoms with van der Waals surface area (Å²) in [6.07, 6.45) is 2.91. The van der Waals surface area contributed by atoms with E-state index in [4.69, 9.17) is 4.74 Å². The molecule has 1 N–H and O–H groups in total. The Balaban J connectivity index is 1.61. The number of carbonyl (C=O) groups excluding carboxylic acids is 2. The predicted octanol–water partition coefficient (Wildman–Crippen LogP) is 5.33. The highest BCUT2D eigenvalue weighted by Gasteiger charge is 2.18. The van der Waals surface area contributed by atoms with Crippen molar-refractivity contribution in [1.82, 2.24) is 4.98 Å². The molecule has 0 saturated carbocycles. The molecule has 1 aromatic heterocycles. The van der Waals surface area contributed by atoms with Crippen LogP contribution in [0.15, 0.2) is 66.7 Å². The van der Waals surface area contributed by atoms with Crippen LogP contribution in [0.1, 0.15) is 44.4 Å². The zero-order valence-electron chi connectivity index (χ0n) is 17.5. The lowest BCUT2D eigenvalue weighted by Crippen LogP contribution is -2.29. The topological polar surface area (TPSA) is 68.3 Å². The van der Waals surface area contributed by atoms with Crippen molar-refractivity contribution in [2.75, 3.05) is 5.32 Å². The lowest BCUT2D eigenvalue weighted by atomic mass is 9.97. The highest BCUT2D eigenvalue weighted by Crippen LogP contribution is 2.26. The largest absolute Gasteiger partial charge is 0.449 e. The first-order valence-electron chi connectivity index (χ1n) is 10.1. The van der Waals surface area contributed by atoms with Crippen LogP contribution in [0.2, 0.25) is 0 Å². The Kier molecular flexibility index (Phi) is 6.96. The molecule has 30 heavy (non-hydrogen) atoms. The molecule has 2 atom stereocenters. The summed E-state index contributed by atoms with van der Waals surface area (Å²) in [6, 6.07) is 19.2. The van der Waals surface area contributed by atoms with Crippen molar-refractivity contribution in [3.63, 3.8) is 0 Å². The number of ether oxygens (including phenoxy) is 1. The molecule has 1 heterocycles. The molecule has 0 radical (unpaired) electrons. The van der Waals surface area contributed by atoms with Crippen molar-refractivity contribution in [2.24, 2.45) is 0 Å². The van der Waals surface area contributed by atoms with Crippen molar-refractivity contribution in [2.45, 2.75) is 39.2 Å². The summed E-state index contributed by atoms with van der Waals surface area (Å²) < 4.78 is 5.25. The fraction of sp³-hybridized carbons (Fsp3) is 0.240. The first-order valence-corrected chi connectivity index (χ1v) is 10.1. The quantitative estimate of drug-likeness (QED) is 0.428. The zero-order chi connectivity index (χ0) is 21.5. The van der Waals surface area contributed by atoms with E-state index in [1.54, 1.807) is 13.0 Å². The van der Waals surface area contributed by atoms with E-state index in [0.717, 1.165) is 28.6 Å². The van der Waals surface area contributed by atoms with Gasteiger partial charge in [0.15, 0.2) is 6.10 Å². The molecular formula is C25H26N2O3. The third-order valence-corrected chi connectivity index (χ3v) is 5.03. The number of para-hydroxylation sites is 2. The van der Waals surface area contributed by atoms with Gasteiger partial charge in [0.05, 0.1) is 11.2 Å². The molecule has 0 bridgehead atoms. The SMILES string of the molecule is CCC(C)c1ccccc1NC(=O)C(C)OC(=O)/C=C/c1ccc2ccccc2n1. The van der Waals surface area contributed by atoms with Gasteiger partial charge in [-0.15, -0.1) is 0 Å². The molecule has 0 spiro atoms. The van der Waals surface area contributed by atoms with Crippen LogP contribution in [0.5, 0.6) is 0 Å². The summed E-state index contributed by atoms with van der Waals surface area (Å²) in [5.74, 6) is -0.643. The van der Waals surface area contributed by atoms with Gasteiger partial charge >= 0.3 is 5.97 Å². The Morgan fingerprint density at radius 3 is 2.57 bits per heavy atom. The first kappa shape index (κ1) is 21.2. The fourth-order valence-corrected chi connectivity index (χ4v) is 3.09. The van der Waals surface area contributed by atoms with Gasteiger partial charge in [0, 0.05) is 17.1 Å². The van der Waals surface area contributed by atoms with Gasteiger partial charge in [-0.1, -0.05) is 56.3 Å². The van der Waals surface area contributed by atoms with Crippen LogP contribution in [-0.4, -0.2) is 23.0 Å². The number of fused-ring (bicyclic) bond motifs is 1. The number of hydrogen-bond acceptors (Lipinski definition) is 4. The molecule has 2 unspecified atom stereocenters. The third-order valence-electron chi connectivity index (χ3n) is 5.03. The van der Waals surface area contributed by atoms with E-state index in [2.05, 4.69) is 24.1 Å². The second-order valence-electron chi connectivity index (χ2n) is 7.23. The maximum Gasteiger partial charge on any atom is 0.331 e. The zero-order valence-corrected chi connectivity index (χ0v) is 17.5. The number of rotatable bonds is 7. The Morgan fingerprint density at radius 2 is 1.77 bits per heavy atom. The van der Waals surface area contributed by atoms with Crippen LogP contribution in [0, 0.1) is 0 Å². The number of hydrogen-bond donors (Lipinski definition) is 1. The minimum absolute atomic E-state index is 0.316. The molecule has 0 aliphatic heterocycles. The van der Waals surface area contributed by atoms with Crippen LogP contribution in [-0.2, 0) is 14.3 Å². The predicted molar refractivity (Wildman–Crippen MR) is 120 cm³/mol. The molecule has 0 fully saturated rings. The van der Waals surface area contributed by atoms with Crippen LogP contribution >= 0.6 is 0 Å². The summed E-state index contributed by atoms with van der Waals surface area (Å²) in [6.45, 7) is 5.77. The maximum atomic E-state index is 12.5. The molecular weight excluding hydrogens is 376 g/mol. The van der Waals surface area contributed by atoms with Crippen molar-refractivity contribution >= 4 is 34.5 Å². The van der Waals surface area contributed by atoms with E-state index in [-0.39, 0.29) is 5.91 Å². The molecule has 154 valence electrons. The third kappa shape index (κ3) is 5.32. The molecule has 5 heteroatoms. The van der Waals surface area contributed by atoms with Crippen molar-refractivity contribution in [1.29, 1.82) is 0 Å². The van der Waals surface area contributed by atoms with Crippen molar-refractivity contribution in [3.8, 4) is 0 Å². The van der Waals surface area contributed by atoms with Crippen LogP contribution in [0.3, 0.4) is 0 Å². The lowest BCUT2D eigenvalue weighted by molar-refractivity contribution is -0.148. The highest BCUT2D eigenvalue weighted by atomic mass is 16.5. The fourth-order valence-electron chi connectivity index (χ4n) is 3.09. The van der Waals surface area contributed by atoms with Gasteiger partial charge in [-0.25, -0.2) is 9.78 Å². The number of carbonyl (C=O) groups is 2. The van der Waals surface area contributed by atoms with E-state index >= 15 is 0 Å². The van der Waals surface area contributed by atoms with Gasteiger partial charge in [0.2, 0.25) is 0 Å². The minimum atomic E-state index is -0.920. The van der Waals surface area contributed by atoms with Gasteiger partial charge in [0.1, 0.15) is 0 Å². The summed E-state index contributed by atoms with van der Waals surface area (Å²) >= 11 is 0. The Hall–Kier alpha value is -3.47. The van der Waals surface area contributed by atoms with Gasteiger partial charge in [-0.3, -0.25) is 4.79 Å². The molecule has 0 saturated heterocycles. The van der Waals surface area contributed by atoms with Crippen LogP contribution in [0.25, 0.3) is 17.0 Å². The van der Waals surface area contributed by atoms with E-state index in [1.165, 1.54) is 6.08 Å². The number of esters is 1. The number of nitrogens with zero attached hydrogens (tertiary/aromatic N) is 1. The first-order chi connectivity index (χ1) is 14.5. The second kappa shape index (κ2) is 9.83. The summed E-state index contributed by atoms with van der Waals surface area (Å²) in [4.78, 5) is 29.1. The van der Waals surface area contributed by atoms with E-state index in [0.29, 0.717) is 11.6 Å². The maximum absolute atomic E-state index is 12.5. The highest BCUT2D eigenvalue weighted by molar-refractivity contribution is 5.97. The van der Waals surface area contributed by atoms with Gasteiger partial charge < -0.3 is 10.1 Å². The van der Waals surface area contributed by atoms with E-state index in [1.807, 2.05) is 60.7 Å². The smallest absolute Gasteiger partial charge is 0.331 e. The number of pyridine rings is 1. The average Bonchev–Trinajstić information content (AvgIpc) is 2.77.